The molecule has 0 spiro atoms. The van der Waals surface area contributed by atoms with Crippen molar-refractivity contribution >= 4 is 58.2 Å². The lowest BCUT2D eigenvalue weighted by molar-refractivity contribution is 0.399. The lowest BCUT2D eigenvalue weighted by atomic mass is 10.8. The average molecular weight is 329 g/mol. The van der Waals surface area contributed by atoms with Crippen LogP contribution in [-0.4, -0.2) is 33.6 Å². The number of thiocarbonyl (C=S) groups is 2. The maximum Gasteiger partial charge on any atom is 0.206 e. The highest BCUT2D eigenvalue weighted by Crippen LogP contribution is 1.98. The van der Waals surface area contributed by atoms with Crippen LogP contribution in [0.15, 0.2) is 4.99 Å². The highest BCUT2D eigenvalue weighted by atomic mass is 32.2. The van der Waals surface area contributed by atoms with E-state index >= 15 is 0 Å². The van der Waals surface area contributed by atoms with E-state index in [1.807, 2.05) is 10.6 Å². The first kappa shape index (κ1) is 36.0. The molecule has 9 heteroatoms. The largest absolute Gasteiger partial charge is 0.400 e. The number of aliphatic imine (C=N–C) groups is 1. The molecular formula is C9H20N4OS4. The lowest BCUT2D eigenvalue weighted by Gasteiger charge is -1.88. The second-order valence-corrected chi connectivity index (χ2v) is 3.04. The molecule has 0 saturated carbocycles. The van der Waals surface area contributed by atoms with Gasteiger partial charge in [-0.3, -0.25) is 0 Å². The van der Waals surface area contributed by atoms with Gasteiger partial charge in [0.2, 0.25) is 6.19 Å². The minimum Gasteiger partial charge on any atom is -0.400 e. The van der Waals surface area contributed by atoms with E-state index in [0.717, 1.165) is 12.2 Å². The van der Waals surface area contributed by atoms with E-state index in [1.165, 1.54) is 18.0 Å². The van der Waals surface area contributed by atoms with Crippen molar-refractivity contribution in [1.29, 1.82) is 10.5 Å². The Labute approximate surface area is 130 Å². The van der Waals surface area contributed by atoms with Crippen molar-refractivity contribution < 1.29 is 5.11 Å². The van der Waals surface area contributed by atoms with Crippen LogP contribution in [0.2, 0.25) is 0 Å². The van der Waals surface area contributed by atoms with Gasteiger partial charge in [-0.2, -0.15) is 28.1 Å². The van der Waals surface area contributed by atoms with Gasteiger partial charge in [-0.25, -0.2) is 0 Å². The van der Waals surface area contributed by atoms with Gasteiger partial charge in [-0.05, 0) is 30.7 Å². The molecule has 3 N–H and O–H groups in total. The van der Waals surface area contributed by atoms with E-state index < -0.39 is 0 Å². The molecule has 0 unspecified atom stereocenters. The maximum absolute atomic E-state index is 8.01. The minimum atomic E-state index is 0. The Morgan fingerprint density at radius 3 is 1.72 bits per heavy atom. The van der Waals surface area contributed by atoms with Gasteiger partial charge in [-0.1, -0.05) is 14.9 Å². The van der Waals surface area contributed by atoms with E-state index in [9.17, 15) is 0 Å². The average Bonchev–Trinajstić information content (AvgIpc) is 2.31. The van der Waals surface area contributed by atoms with E-state index in [2.05, 4.69) is 47.8 Å². The summed E-state index contributed by atoms with van der Waals surface area (Å²) in [6, 6.07) is 0. The summed E-state index contributed by atoms with van der Waals surface area (Å²) in [4.78, 5) is 3.47. The first-order chi connectivity index (χ1) is 7.67. The normalized spacial score (nSPS) is 6.00. The van der Waals surface area contributed by atoms with Gasteiger partial charge < -0.3 is 10.8 Å². The fourth-order valence-corrected chi connectivity index (χ4v) is 0.921. The van der Waals surface area contributed by atoms with Crippen molar-refractivity contribution in [2.75, 3.05) is 19.1 Å². The van der Waals surface area contributed by atoms with Crippen LogP contribution < -0.4 is 5.73 Å². The number of aliphatic hydroxyl groups excluding tert-OH is 1. The second kappa shape index (κ2) is 55.3. The van der Waals surface area contributed by atoms with Crippen LogP contribution in [0.5, 0.6) is 0 Å². The number of nitrogens with zero attached hydrogens (tertiary/aromatic N) is 3. The molecule has 18 heavy (non-hydrogen) atoms. The first-order valence-corrected chi connectivity index (χ1v) is 5.99. The Morgan fingerprint density at radius 1 is 1.39 bits per heavy atom. The Morgan fingerprint density at radius 2 is 1.67 bits per heavy atom. The number of nitriles is 2. The van der Waals surface area contributed by atoms with Crippen molar-refractivity contribution in [3.63, 3.8) is 0 Å². The van der Waals surface area contributed by atoms with Crippen molar-refractivity contribution in [1.82, 2.24) is 0 Å². The number of hydrogen-bond acceptors (Lipinski definition) is 9. The van der Waals surface area contributed by atoms with Crippen molar-refractivity contribution in [2.45, 2.75) is 14.9 Å². The fraction of sp³-hybridized carbons (Fsp3) is 0.556. The summed E-state index contributed by atoms with van der Waals surface area (Å²) >= 11 is 13.3. The zero-order valence-electron chi connectivity index (χ0n) is 8.75. The van der Waals surface area contributed by atoms with Gasteiger partial charge in [-0.15, -0.1) is 11.8 Å². The number of thioether (sulfide) groups is 1. The number of aliphatic hydroxyl groups is 1. The minimum absolute atomic E-state index is 0. The van der Waals surface area contributed by atoms with Gasteiger partial charge >= 0.3 is 0 Å². The van der Waals surface area contributed by atoms with E-state index in [4.69, 9.17) is 15.6 Å². The van der Waals surface area contributed by atoms with Crippen molar-refractivity contribution in [3.8, 4) is 12.4 Å². The van der Waals surface area contributed by atoms with Crippen LogP contribution in [0, 0.1) is 22.9 Å². The summed E-state index contributed by atoms with van der Waals surface area (Å²) in [6.45, 7) is 0. The summed E-state index contributed by atoms with van der Waals surface area (Å²) in [5.41, 5.74) is 4.15. The Hall–Kier alpha value is -0.670. The zero-order valence-corrected chi connectivity index (χ0v) is 12.1. The Kier molecular flexibility index (Phi) is 111. The molecule has 0 heterocycles. The monoisotopic (exact) mass is 328 g/mol. The van der Waals surface area contributed by atoms with Crippen molar-refractivity contribution in [2.24, 2.45) is 10.7 Å². The second-order valence-electron chi connectivity index (χ2n) is 1.18. The third-order valence-corrected chi connectivity index (χ3v) is 1.77. The Balaban J connectivity index is -0.0000000309. The topological polar surface area (TPSA) is 106 Å². The SMILES string of the molecule is C.C.CO.CSC(CS)=NC#N.N#CN.S=C=S. The molecule has 0 aliphatic rings. The molecule has 0 aromatic heterocycles. The Bertz CT molecular complexity index is 259. The molecule has 0 aromatic carbocycles. The molecule has 0 fully saturated rings. The summed E-state index contributed by atoms with van der Waals surface area (Å²) in [5, 5.41) is 22.9. The number of nitrogens with two attached hydrogens (primary N) is 1. The van der Waals surface area contributed by atoms with Crippen molar-refractivity contribution in [3.05, 3.63) is 0 Å². The molecule has 0 radical (unpaired) electrons. The van der Waals surface area contributed by atoms with Crippen LogP contribution in [0.3, 0.4) is 0 Å². The van der Waals surface area contributed by atoms with E-state index in [1.54, 1.807) is 6.19 Å². The molecule has 0 saturated heterocycles. The van der Waals surface area contributed by atoms with Crippen LogP contribution in [-0.2, 0) is 0 Å². The molecule has 0 aliphatic carbocycles. The van der Waals surface area contributed by atoms with Crippen LogP contribution >= 0.6 is 48.8 Å². The zero-order chi connectivity index (χ0) is 13.8. The molecular weight excluding hydrogens is 308 g/mol. The van der Waals surface area contributed by atoms with Gasteiger partial charge in [0, 0.05) is 17.2 Å². The molecule has 0 rings (SSSR count). The molecule has 106 valence electrons. The standard InChI is InChI=1S/C4H6N2S2.CH2N2.CH4O.CS2.2CH4/c1-8-4(2-7)6-3-5;2-1-3;1-2;2-1-3;;/h7H,2H2,1H3;2H2;2H,1H3;;2*1H4. The highest BCUT2D eigenvalue weighted by Gasteiger charge is 1.88. The molecule has 0 atom stereocenters. The molecule has 0 aromatic rings. The van der Waals surface area contributed by atoms with Crippen LogP contribution in [0.1, 0.15) is 14.9 Å². The van der Waals surface area contributed by atoms with Crippen LogP contribution in [0.25, 0.3) is 0 Å². The number of rotatable bonds is 1. The maximum atomic E-state index is 8.01. The smallest absolute Gasteiger partial charge is 0.206 e. The van der Waals surface area contributed by atoms with E-state index in [0.29, 0.717) is 5.75 Å². The summed E-state index contributed by atoms with van der Waals surface area (Å²) in [7, 11) is 1.00. The summed E-state index contributed by atoms with van der Waals surface area (Å²) in [5.74, 6) is 0.550. The van der Waals surface area contributed by atoms with Gasteiger partial charge in [0.1, 0.15) is 0 Å². The van der Waals surface area contributed by atoms with Crippen LogP contribution in [0.4, 0.5) is 0 Å². The van der Waals surface area contributed by atoms with Gasteiger partial charge in [0.15, 0.2) is 6.19 Å². The molecule has 0 aliphatic heterocycles. The summed E-state index contributed by atoms with van der Waals surface area (Å²) < 4.78 is 1.92. The quantitative estimate of drug-likeness (QED) is 0.169. The highest BCUT2D eigenvalue weighted by molar-refractivity contribution is 8.14. The number of thiol groups is 1. The molecule has 0 amide bonds. The number of hydrogen-bond donors (Lipinski definition) is 3. The predicted molar refractivity (Wildman–Crippen MR) is 92.0 cm³/mol. The third-order valence-electron chi connectivity index (χ3n) is 0.546. The van der Waals surface area contributed by atoms with Gasteiger partial charge in [0.05, 0.1) is 5.04 Å². The fourth-order valence-electron chi connectivity index (χ4n) is 0.201. The third kappa shape index (κ3) is 78.6. The predicted octanol–water partition coefficient (Wildman–Crippen LogP) is 2.48. The first-order valence-electron chi connectivity index (χ1n) is 3.32. The van der Waals surface area contributed by atoms with E-state index in [-0.39, 0.29) is 14.9 Å². The lowest BCUT2D eigenvalue weighted by Crippen LogP contribution is -1.89. The molecule has 0 bridgehead atoms. The summed E-state index contributed by atoms with van der Waals surface area (Å²) in [6.07, 6.45) is 4.81. The molecule has 5 nitrogen and oxygen atoms in total. The van der Waals surface area contributed by atoms with Gasteiger partial charge in [0.25, 0.3) is 0 Å².